The molecule has 17 heavy (non-hydrogen) atoms. The first kappa shape index (κ1) is 12.1. The van der Waals surface area contributed by atoms with Gasteiger partial charge in [-0.3, -0.25) is 0 Å². The van der Waals surface area contributed by atoms with E-state index in [0.29, 0.717) is 22.0 Å². The van der Waals surface area contributed by atoms with E-state index >= 15 is 0 Å². The number of nitrogens with two attached hydrogens (primary N) is 1. The fourth-order valence-corrected chi connectivity index (χ4v) is 2.85. The first-order valence-electron chi connectivity index (χ1n) is 5.68. The molecule has 0 fully saturated rings. The number of benzene rings is 1. The maximum atomic E-state index is 12.1. The Morgan fingerprint density at radius 3 is 3.00 bits per heavy atom. The Morgan fingerprint density at radius 2 is 2.29 bits per heavy atom. The molecule has 2 aromatic rings. The normalized spacial score (nSPS) is 14.9. The number of rotatable bonds is 4. The maximum absolute atomic E-state index is 12.1. The molecule has 0 amide bonds. The van der Waals surface area contributed by atoms with E-state index in [0.717, 1.165) is 12.8 Å². The third-order valence-electron chi connectivity index (χ3n) is 2.62. The summed E-state index contributed by atoms with van der Waals surface area (Å²) in [5, 5.41) is 0.358. The predicted molar refractivity (Wildman–Crippen MR) is 69.2 cm³/mol. The lowest BCUT2D eigenvalue weighted by Gasteiger charge is -2.05. The van der Waals surface area contributed by atoms with Gasteiger partial charge in [0, 0.05) is 10.9 Å². The highest BCUT2D eigenvalue weighted by molar-refractivity contribution is 7.85. The zero-order valence-corrected chi connectivity index (χ0v) is 10.8. The number of hydrogen-bond acceptors (Lipinski definition) is 4. The van der Waals surface area contributed by atoms with Gasteiger partial charge < -0.3 is 10.2 Å². The first-order valence-corrected chi connectivity index (χ1v) is 6.89. The van der Waals surface area contributed by atoms with E-state index in [-0.39, 0.29) is 5.25 Å². The molecule has 92 valence electrons. The summed E-state index contributed by atoms with van der Waals surface area (Å²) in [7, 11) is -1.19. The number of nitrogen functional groups attached to an aromatic ring is 1. The highest BCUT2D eigenvalue weighted by Crippen LogP contribution is 2.22. The van der Waals surface area contributed by atoms with E-state index in [4.69, 9.17) is 10.2 Å². The molecule has 5 heteroatoms. The van der Waals surface area contributed by atoms with E-state index in [1.807, 2.05) is 6.92 Å². The fourth-order valence-electron chi connectivity index (χ4n) is 1.70. The Balaban J connectivity index is 2.33. The van der Waals surface area contributed by atoms with Crippen molar-refractivity contribution < 1.29 is 8.63 Å². The second-order valence-corrected chi connectivity index (χ2v) is 5.85. The van der Waals surface area contributed by atoms with Gasteiger partial charge in [0.2, 0.25) is 0 Å². The summed E-state index contributed by atoms with van der Waals surface area (Å²) >= 11 is 0. The Labute approximate surface area is 103 Å². The molecule has 0 aliphatic rings. The molecule has 0 aliphatic carbocycles. The van der Waals surface area contributed by atoms with Gasteiger partial charge in [0.25, 0.3) is 5.22 Å². The second-order valence-electron chi connectivity index (χ2n) is 4.10. The molecule has 0 spiro atoms. The predicted octanol–water partition coefficient (Wildman–Crippen LogP) is 2.71. The molecule has 2 rings (SSSR count). The molecule has 0 radical (unpaired) electrons. The standard InChI is InChI=1S/C12H16N2O2S/c1-3-4-8(2)17(15)12-14-10-7-9(13)5-6-11(10)16-12/h5-8H,3-4,13H2,1-2H3. The SMILES string of the molecule is CCCC(C)S(=O)c1nc2cc(N)ccc2o1. The lowest BCUT2D eigenvalue weighted by Crippen LogP contribution is -2.10. The number of oxazole rings is 1. The third-order valence-corrected chi connectivity index (χ3v) is 4.11. The summed E-state index contributed by atoms with van der Waals surface area (Å²) in [4.78, 5) is 4.23. The summed E-state index contributed by atoms with van der Waals surface area (Å²) in [5.41, 5.74) is 7.58. The van der Waals surface area contributed by atoms with Gasteiger partial charge in [-0.05, 0) is 24.6 Å². The molecule has 2 unspecified atom stereocenters. The molecule has 0 saturated heterocycles. The van der Waals surface area contributed by atoms with Gasteiger partial charge in [-0.2, -0.15) is 0 Å². The second kappa shape index (κ2) is 4.87. The summed E-state index contributed by atoms with van der Waals surface area (Å²) in [5.74, 6) is 0. The van der Waals surface area contributed by atoms with Crippen LogP contribution in [0.5, 0.6) is 0 Å². The largest absolute Gasteiger partial charge is 0.430 e. The molecule has 1 aromatic heterocycles. The first-order chi connectivity index (χ1) is 8.11. The fraction of sp³-hybridized carbons (Fsp3) is 0.417. The molecular weight excluding hydrogens is 236 g/mol. The van der Waals surface area contributed by atoms with E-state index in [2.05, 4.69) is 11.9 Å². The quantitative estimate of drug-likeness (QED) is 0.849. The van der Waals surface area contributed by atoms with Crippen molar-refractivity contribution in [3.63, 3.8) is 0 Å². The van der Waals surface area contributed by atoms with E-state index in [9.17, 15) is 4.21 Å². The van der Waals surface area contributed by atoms with Crippen molar-refractivity contribution in [1.29, 1.82) is 0 Å². The van der Waals surface area contributed by atoms with Crippen LogP contribution in [0.25, 0.3) is 11.1 Å². The Hall–Kier alpha value is -1.36. The molecule has 4 nitrogen and oxygen atoms in total. The summed E-state index contributed by atoms with van der Waals surface area (Å²) < 4.78 is 17.6. The number of fused-ring (bicyclic) bond motifs is 1. The van der Waals surface area contributed by atoms with Crippen molar-refractivity contribution >= 4 is 27.6 Å². The van der Waals surface area contributed by atoms with Crippen LogP contribution in [0.4, 0.5) is 5.69 Å². The Kier molecular flexibility index (Phi) is 3.47. The van der Waals surface area contributed by atoms with Gasteiger partial charge in [0.15, 0.2) is 5.58 Å². The molecular formula is C12H16N2O2S. The highest BCUT2D eigenvalue weighted by Gasteiger charge is 2.18. The van der Waals surface area contributed by atoms with Crippen molar-refractivity contribution in [2.75, 3.05) is 5.73 Å². The highest BCUT2D eigenvalue weighted by atomic mass is 32.2. The van der Waals surface area contributed by atoms with Gasteiger partial charge in [0.05, 0.1) is 0 Å². The molecule has 1 heterocycles. The topological polar surface area (TPSA) is 69.1 Å². The van der Waals surface area contributed by atoms with Crippen molar-refractivity contribution in [3.05, 3.63) is 18.2 Å². The minimum atomic E-state index is -1.19. The third kappa shape index (κ3) is 2.49. The van der Waals surface area contributed by atoms with Gasteiger partial charge in [-0.1, -0.05) is 20.3 Å². The van der Waals surface area contributed by atoms with Crippen LogP contribution in [-0.2, 0) is 10.8 Å². The average molecular weight is 252 g/mol. The smallest absolute Gasteiger partial charge is 0.288 e. The lowest BCUT2D eigenvalue weighted by molar-refractivity contribution is 0.474. The van der Waals surface area contributed by atoms with Crippen LogP contribution in [0.3, 0.4) is 0 Å². The number of anilines is 1. The van der Waals surface area contributed by atoms with Crippen LogP contribution in [0.2, 0.25) is 0 Å². The number of nitrogens with zero attached hydrogens (tertiary/aromatic N) is 1. The van der Waals surface area contributed by atoms with Crippen molar-refractivity contribution in [1.82, 2.24) is 4.98 Å². The van der Waals surface area contributed by atoms with E-state index in [1.165, 1.54) is 0 Å². The Morgan fingerprint density at radius 1 is 1.53 bits per heavy atom. The van der Waals surface area contributed by atoms with Crippen molar-refractivity contribution in [2.45, 2.75) is 37.2 Å². The zero-order valence-electron chi connectivity index (χ0n) is 9.97. The van der Waals surface area contributed by atoms with Crippen LogP contribution >= 0.6 is 0 Å². The number of aromatic nitrogens is 1. The summed E-state index contributed by atoms with van der Waals surface area (Å²) in [6, 6.07) is 5.22. The molecule has 0 aliphatic heterocycles. The molecule has 2 N–H and O–H groups in total. The van der Waals surface area contributed by atoms with Gasteiger partial charge in [-0.15, -0.1) is 0 Å². The summed E-state index contributed by atoms with van der Waals surface area (Å²) in [6.45, 7) is 4.02. The average Bonchev–Trinajstić information content (AvgIpc) is 2.71. The monoisotopic (exact) mass is 252 g/mol. The minimum Gasteiger partial charge on any atom is -0.430 e. The summed E-state index contributed by atoms with van der Waals surface area (Å²) in [6.07, 6.45) is 1.90. The molecule has 1 aromatic carbocycles. The Bertz CT molecular complexity index is 550. The number of hydrogen-bond donors (Lipinski definition) is 1. The van der Waals surface area contributed by atoms with E-state index < -0.39 is 10.8 Å². The zero-order chi connectivity index (χ0) is 12.4. The van der Waals surface area contributed by atoms with Crippen LogP contribution in [0.15, 0.2) is 27.8 Å². The van der Waals surface area contributed by atoms with Crippen LogP contribution in [0.1, 0.15) is 26.7 Å². The van der Waals surface area contributed by atoms with Crippen LogP contribution < -0.4 is 5.73 Å². The minimum absolute atomic E-state index is 0.0606. The van der Waals surface area contributed by atoms with E-state index in [1.54, 1.807) is 18.2 Å². The maximum Gasteiger partial charge on any atom is 0.288 e. The molecule has 0 bridgehead atoms. The molecule has 0 saturated carbocycles. The molecule has 2 atom stereocenters. The van der Waals surface area contributed by atoms with Gasteiger partial charge >= 0.3 is 0 Å². The van der Waals surface area contributed by atoms with Crippen molar-refractivity contribution in [3.8, 4) is 0 Å². The van der Waals surface area contributed by atoms with Gasteiger partial charge in [0.1, 0.15) is 16.3 Å². The van der Waals surface area contributed by atoms with Gasteiger partial charge in [-0.25, -0.2) is 9.19 Å². The van der Waals surface area contributed by atoms with Crippen molar-refractivity contribution in [2.24, 2.45) is 0 Å². The van der Waals surface area contributed by atoms with Crippen LogP contribution in [0, 0.1) is 0 Å². The lowest BCUT2D eigenvalue weighted by atomic mass is 10.3. The van der Waals surface area contributed by atoms with Crippen LogP contribution in [-0.4, -0.2) is 14.4 Å².